The van der Waals surface area contributed by atoms with E-state index in [1.165, 1.54) is 5.56 Å². The van der Waals surface area contributed by atoms with Gasteiger partial charge in [0.05, 0.1) is 12.5 Å². The number of piperazine rings is 1. The van der Waals surface area contributed by atoms with Crippen LogP contribution in [-0.2, 0) is 25.5 Å². The summed E-state index contributed by atoms with van der Waals surface area (Å²) in [6.07, 6.45) is 5.40. The standard InChI is InChI=1S/C27H39N3O5/c1-4-33-22-10-8-20(9-11-22)6-5-7-23(24-26(32)35-27(2,3)34-24)25(31)30-18-16-29(17-19-30)21-12-14-28-15-13-21/h8-11,14,21,23-24H,4-7,12-13,15-19H2,1-3H3/t21?,23-,24+/m1/s1. The van der Waals surface area contributed by atoms with Gasteiger partial charge in [0.15, 0.2) is 6.10 Å². The van der Waals surface area contributed by atoms with E-state index in [1.807, 2.05) is 30.2 Å². The van der Waals surface area contributed by atoms with Gasteiger partial charge in [-0.15, -0.1) is 0 Å². The van der Waals surface area contributed by atoms with Crippen LogP contribution in [0.15, 0.2) is 29.3 Å². The molecule has 0 N–H and O–H groups in total. The highest BCUT2D eigenvalue weighted by atomic mass is 16.8. The molecule has 8 nitrogen and oxygen atoms in total. The van der Waals surface area contributed by atoms with Crippen LogP contribution < -0.4 is 4.74 Å². The summed E-state index contributed by atoms with van der Waals surface area (Å²) in [6.45, 7) is 9.98. The van der Waals surface area contributed by atoms with Gasteiger partial charge in [-0.3, -0.25) is 14.7 Å². The summed E-state index contributed by atoms with van der Waals surface area (Å²) in [7, 11) is 0. The van der Waals surface area contributed by atoms with E-state index in [2.05, 4.69) is 22.0 Å². The number of carbonyl (C=O) groups excluding carboxylic acids is 2. The minimum Gasteiger partial charge on any atom is -0.494 e. The number of cyclic esters (lactones) is 1. The van der Waals surface area contributed by atoms with E-state index in [9.17, 15) is 9.59 Å². The van der Waals surface area contributed by atoms with Gasteiger partial charge in [-0.2, -0.15) is 0 Å². The molecule has 0 spiro atoms. The number of aliphatic imine (C=N–C) groups is 1. The molecule has 2 saturated heterocycles. The van der Waals surface area contributed by atoms with Gasteiger partial charge >= 0.3 is 5.97 Å². The molecule has 0 radical (unpaired) electrons. The summed E-state index contributed by atoms with van der Waals surface area (Å²) in [4.78, 5) is 35.0. The van der Waals surface area contributed by atoms with Gasteiger partial charge < -0.3 is 19.1 Å². The molecular weight excluding hydrogens is 446 g/mol. The second-order valence-electron chi connectivity index (χ2n) is 10.1. The van der Waals surface area contributed by atoms with E-state index in [-0.39, 0.29) is 5.91 Å². The van der Waals surface area contributed by atoms with E-state index in [4.69, 9.17) is 14.2 Å². The van der Waals surface area contributed by atoms with E-state index < -0.39 is 23.8 Å². The Hall–Kier alpha value is -2.45. The molecule has 1 unspecified atom stereocenters. The summed E-state index contributed by atoms with van der Waals surface area (Å²) >= 11 is 0. The molecule has 0 saturated carbocycles. The fraction of sp³-hybridized carbons (Fsp3) is 0.667. The highest BCUT2D eigenvalue weighted by Crippen LogP contribution is 2.32. The third-order valence-electron chi connectivity index (χ3n) is 7.13. The number of amides is 1. The van der Waals surface area contributed by atoms with Crippen LogP contribution in [0.3, 0.4) is 0 Å². The molecule has 0 bridgehead atoms. The van der Waals surface area contributed by atoms with E-state index in [0.29, 0.717) is 32.2 Å². The number of hydrogen-bond acceptors (Lipinski definition) is 7. The summed E-state index contributed by atoms with van der Waals surface area (Å²) in [6, 6.07) is 8.57. The zero-order valence-corrected chi connectivity index (χ0v) is 21.3. The minimum atomic E-state index is -1.00. The highest BCUT2D eigenvalue weighted by Gasteiger charge is 2.48. The van der Waals surface area contributed by atoms with E-state index in [0.717, 1.165) is 51.1 Å². The molecule has 3 aliphatic rings. The Balaban J connectivity index is 1.37. The van der Waals surface area contributed by atoms with Crippen molar-refractivity contribution in [2.75, 3.05) is 39.3 Å². The maximum Gasteiger partial charge on any atom is 0.338 e. The van der Waals surface area contributed by atoms with Crippen LogP contribution in [0.25, 0.3) is 0 Å². The van der Waals surface area contributed by atoms with Gasteiger partial charge in [-0.05, 0) is 56.7 Å². The van der Waals surface area contributed by atoms with Gasteiger partial charge in [0, 0.05) is 58.8 Å². The predicted molar refractivity (Wildman–Crippen MR) is 134 cm³/mol. The Labute approximate surface area is 208 Å². The molecule has 3 aliphatic heterocycles. The fourth-order valence-electron chi connectivity index (χ4n) is 5.28. The molecule has 35 heavy (non-hydrogen) atoms. The lowest BCUT2D eigenvalue weighted by molar-refractivity contribution is -0.163. The SMILES string of the molecule is CCOc1ccc(CCC[C@@H](C(=O)N2CCN(C3CC=NCC3)CC2)[C@@H]2OC(C)(C)OC2=O)cc1. The molecule has 1 aromatic carbocycles. The van der Waals surface area contributed by atoms with Crippen molar-refractivity contribution in [3.8, 4) is 5.75 Å². The number of ether oxygens (including phenoxy) is 3. The number of nitrogens with zero attached hydrogens (tertiary/aromatic N) is 3. The topological polar surface area (TPSA) is 80.7 Å². The predicted octanol–water partition coefficient (Wildman–Crippen LogP) is 3.08. The Morgan fingerprint density at radius 1 is 1.20 bits per heavy atom. The number of rotatable bonds is 9. The number of aryl methyl sites for hydroxylation is 1. The molecule has 0 aliphatic carbocycles. The second kappa shape index (κ2) is 11.5. The molecule has 1 aromatic rings. The largest absolute Gasteiger partial charge is 0.494 e. The van der Waals surface area contributed by atoms with Crippen molar-refractivity contribution in [2.24, 2.45) is 10.9 Å². The monoisotopic (exact) mass is 485 g/mol. The maximum atomic E-state index is 13.7. The van der Waals surface area contributed by atoms with Crippen LogP contribution in [0.1, 0.15) is 52.0 Å². The Morgan fingerprint density at radius 3 is 2.54 bits per heavy atom. The van der Waals surface area contributed by atoms with Crippen LogP contribution in [0.4, 0.5) is 0 Å². The van der Waals surface area contributed by atoms with E-state index in [1.54, 1.807) is 13.8 Å². The van der Waals surface area contributed by atoms with Crippen molar-refractivity contribution in [1.82, 2.24) is 9.80 Å². The highest BCUT2D eigenvalue weighted by molar-refractivity contribution is 5.87. The van der Waals surface area contributed by atoms with Crippen LogP contribution in [0, 0.1) is 5.92 Å². The summed E-state index contributed by atoms with van der Waals surface area (Å²) < 4.78 is 16.9. The zero-order chi connectivity index (χ0) is 24.8. The average Bonchev–Trinajstić information content (AvgIpc) is 3.15. The molecule has 3 atom stereocenters. The zero-order valence-electron chi connectivity index (χ0n) is 21.3. The first-order chi connectivity index (χ1) is 16.9. The van der Waals surface area contributed by atoms with Gasteiger partial charge in [0.2, 0.25) is 11.7 Å². The van der Waals surface area contributed by atoms with Crippen molar-refractivity contribution >= 4 is 18.1 Å². The first-order valence-electron chi connectivity index (χ1n) is 13.0. The van der Waals surface area contributed by atoms with Crippen LogP contribution >= 0.6 is 0 Å². The molecule has 4 rings (SSSR count). The first-order valence-corrected chi connectivity index (χ1v) is 13.0. The molecule has 8 heteroatoms. The van der Waals surface area contributed by atoms with Gasteiger partial charge in [0.1, 0.15) is 5.75 Å². The fourth-order valence-corrected chi connectivity index (χ4v) is 5.28. The Kier molecular flexibility index (Phi) is 8.44. The molecule has 3 heterocycles. The maximum absolute atomic E-state index is 13.7. The molecular formula is C27H39N3O5. The van der Waals surface area contributed by atoms with Crippen molar-refractivity contribution in [3.05, 3.63) is 29.8 Å². The third kappa shape index (κ3) is 6.61. The first kappa shape index (κ1) is 25.6. The van der Waals surface area contributed by atoms with Gasteiger partial charge in [0.25, 0.3) is 0 Å². The van der Waals surface area contributed by atoms with E-state index >= 15 is 0 Å². The minimum absolute atomic E-state index is 0.00111. The van der Waals surface area contributed by atoms with Crippen LogP contribution in [0.2, 0.25) is 0 Å². The van der Waals surface area contributed by atoms with Gasteiger partial charge in [-0.25, -0.2) is 4.79 Å². The molecule has 2 fully saturated rings. The van der Waals surface area contributed by atoms with Crippen molar-refractivity contribution in [1.29, 1.82) is 0 Å². The summed E-state index contributed by atoms with van der Waals surface area (Å²) in [5, 5.41) is 0. The van der Waals surface area contributed by atoms with Crippen molar-refractivity contribution in [3.63, 3.8) is 0 Å². The van der Waals surface area contributed by atoms with Crippen molar-refractivity contribution < 1.29 is 23.8 Å². The lowest BCUT2D eigenvalue weighted by atomic mass is 9.92. The van der Waals surface area contributed by atoms with Crippen molar-refractivity contribution in [2.45, 2.75) is 70.8 Å². The second-order valence-corrected chi connectivity index (χ2v) is 10.1. The number of esters is 1. The lowest BCUT2D eigenvalue weighted by Crippen LogP contribution is -2.55. The Morgan fingerprint density at radius 2 is 1.94 bits per heavy atom. The smallest absolute Gasteiger partial charge is 0.338 e. The average molecular weight is 486 g/mol. The van der Waals surface area contributed by atoms with Gasteiger partial charge in [-0.1, -0.05) is 12.1 Å². The van der Waals surface area contributed by atoms with Crippen LogP contribution in [-0.4, -0.2) is 85.2 Å². The number of benzene rings is 1. The molecule has 1 amide bonds. The van der Waals surface area contributed by atoms with Crippen LogP contribution in [0.5, 0.6) is 5.75 Å². The number of carbonyl (C=O) groups is 2. The summed E-state index contributed by atoms with van der Waals surface area (Å²) in [5.41, 5.74) is 1.18. The molecule has 0 aromatic heterocycles. The quantitative estimate of drug-likeness (QED) is 0.500. The number of hydrogen-bond donors (Lipinski definition) is 0. The lowest BCUT2D eigenvalue weighted by Gasteiger charge is -2.41. The molecule has 192 valence electrons. The Bertz CT molecular complexity index is 893. The normalized spacial score (nSPS) is 25.3. The third-order valence-corrected chi connectivity index (χ3v) is 7.13. The summed E-state index contributed by atoms with van der Waals surface area (Å²) in [5.74, 6) is -1.12.